The second-order valence-electron chi connectivity index (χ2n) is 3.42. The van der Waals surface area contributed by atoms with Crippen molar-refractivity contribution in [2.24, 2.45) is 0 Å². The van der Waals surface area contributed by atoms with Crippen LogP contribution >= 0.6 is 0 Å². The lowest BCUT2D eigenvalue weighted by Gasteiger charge is -2.31. The third kappa shape index (κ3) is 1.37. The van der Waals surface area contributed by atoms with E-state index in [1.54, 1.807) is 6.08 Å². The summed E-state index contributed by atoms with van der Waals surface area (Å²) in [6.45, 7) is 0. The first-order valence-corrected chi connectivity index (χ1v) is 4.58. The summed E-state index contributed by atoms with van der Waals surface area (Å²) in [6, 6.07) is -0.512. The highest BCUT2D eigenvalue weighted by atomic mass is 16.3. The molecule has 1 N–H and O–H groups in total. The van der Waals surface area contributed by atoms with E-state index < -0.39 is 12.1 Å². The molecule has 2 aliphatic rings. The fourth-order valence-electron chi connectivity index (χ4n) is 1.69. The van der Waals surface area contributed by atoms with Crippen LogP contribution in [-0.2, 0) is 9.59 Å². The Labute approximate surface area is 81.5 Å². The van der Waals surface area contributed by atoms with Gasteiger partial charge < -0.3 is 10.0 Å². The first-order valence-electron chi connectivity index (χ1n) is 4.58. The molecule has 0 spiro atoms. The Bertz CT molecular complexity index is 332. The average Bonchev–Trinajstić information content (AvgIpc) is 2.35. The molecule has 4 heteroatoms. The Hall–Kier alpha value is -1.42. The highest BCUT2D eigenvalue weighted by Gasteiger charge is 2.34. The standard InChI is InChI=1S/C10H11NO3/c12-8-5-6-11-7(10(8)14)3-1-2-4-9(11)13/h1,3,5-7,10,14H,2,4H2/t7-,10+/m1/s1. The topological polar surface area (TPSA) is 57.6 Å². The van der Waals surface area contributed by atoms with Gasteiger partial charge in [-0.15, -0.1) is 0 Å². The molecule has 0 aliphatic carbocycles. The van der Waals surface area contributed by atoms with E-state index in [1.807, 2.05) is 6.08 Å². The molecule has 14 heavy (non-hydrogen) atoms. The molecule has 4 nitrogen and oxygen atoms in total. The zero-order valence-electron chi connectivity index (χ0n) is 7.59. The molecule has 0 unspecified atom stereocenters. The normalized spacial score (nSPS) is 31.6. The van der Waals surface area contributed by atoms with Crippen LogP contribution in [0, 0.1) is 0 Å². The van der Waals surface area contributed by atoms with Crippen molar-refractivity contribution in [3.63, 3.8) is 0 Å². The number of hydrogen-bond acceptors (Lipinski definition) is 3. The van der Waals surface area contributed by atoms with Gasteiger partial charge in [-0.25, -0.2) is 0 Å². The van der Waals surface area contributed by atoms with Crippen LogP contribution in [0.15, 0.2) is 24.4 Å². The number of rotatable bonds is 0. The summed E-state index contributed by atoms with van der Waals surface area (Å²) in [7, 11) is 0. The van der Waals surface area contributed by atoms with Gasteiger partial charge in [-0.1, -0.05) is 12.2 Å². The van der Waals surface area contributed by atoms with Crippen LogP contribution in [0.3, 0.4) is 0 Å². The van der Waals surface area contributed by atoms with Crippen molar-refractivity contribution < 1.29 is 14.7 Å². The Balaban J connectivity index is 2.35. The van der Waals surface area contributed by atoms with Gasteiger partial charge in [-0.3, -0.25) is 9.59 Å². The molecule has 0 saturated heterocycles. The molecule has 2 atom stereocenters. The van der Waals surface area contributed by atoms with Gasteiger partial charge in [0.15, 0.2) is 5.78 Å². The van der Waals surface area contributed by atoms with E-state index in [4.69, 9.17) is 0 Å². The smallest absolute Gasteiger partial charge is 0.227 e. The van der Waals surface area contributed by atoms with Gasteiger partial charge in [0.1, 0.15) is 6.10 Å². The van der Waals surface area contributed by atoms with Crippen LogP contribution in [0.2, 0.25) is 0 Å². The minimum absolute atomic E-state index is 0.0530. The van der Waals surface area contributed by atoms with Crippen molar-refractivity contribution in [1.82, 2.24) is 4.90 Å². The van der Waals surface area contributed by atoms with Crippen LogP contribution < -0.4 is 0 Å². The van der Waals surface area contributed by atoms with Gasteiger partial charge in [0, 0.05) is 18.7 Å². The summed E-state index contributed by atoms with van der Waals surface area (Å²) >= 11 is 0. The summed E-state index contributed by atoms with van der Waals surface area (Å²) in [4.78, 5) is 24.1. The van der Waals surface area contributed by atoms with Crippen molar-refractivity contribution in [2.45, 2.75) is 25.0 Å². The number of carbonyl (C=O) groups is 2. The van der Waals surface area contributed by atoms with Crippen molar-refractivity contribution >= 4 is 11.7 Å². The minimum atomic E-state index is -1.11. The maximum Gasteiger partial charge on any atom is 0.227 e. The molecule has 0 fully saturated rings. The predicted octanol–water partition coefficient (Wildman–Crippen LogP) is -0.00910. The lowest BCUT2D eigenvalue weighted by molar-refractivity contribution is -0.135. The quantitative estimate of drug-likeness (QED) is 0.550. The van der Waals surface area contributed by atoms with Crippen LogP contribution in [0.4, 0.5) is 0 Å². The molecule has 1 amide bonds. The van der Waals surface area contributed by atoms with Crippen LogP contribution in [0.1, 0.15) is 12.8 Å². The van der Waals surface area contributed by atoms with Gasteiger partial charge >= 0.3 is 0 Å². The van der Waals surface area contributed by atoms with Crippen molar-refractivity contribution in [3.8, 4) is 0 Å². The highest BCUT2D eigenvalue weighted by molar-refractivity contribution is 5.96. The van der Waals surface area contributed by atoms with Crippen LogP contribution in [0.25, 0.3) is 0 Å². The number of ketones is 1. The van der Waals surface area contributed by atoms with E-state index in [2.05, 4.69) is 0 Å². The number of hydrogen-bond donors (Lipinski definition) is 1. The van der Waals surface area contributed by atoms with Crippen LogP contribution in [-0.4, -0.2) is 33.8 Å². The van der Waals surface area contributed by atoms with Gasteiger partial charge in [0.25, 0.3) is 0 Å². The summed E-state index contributed by atoms with van der Waals surface area (Å²) in [5.41, 5.74) is 0. The fourth-order valence-corrected chi connectivity index (χ4v) is 1.69. The van der Waals surface area contributed by atoms with E-state index in [0.717, 1.165) is 0 Å². The first kappa shape index (κ1) is 9.15. The molecular formula is C10H11NO3. The van der Waals surface area contributed by atoms with Gasteiger partial charge in [-0.2, -0.15) is 0 Å². The van der Waals surface area contributed by atoms with Gasteiger partial charge in [0.05, 0.1) is 6.04 Å². The Morgan fingerprint density at radius 1 is 1.43 bits per heavy atom. The van der Waals surface area contributed by atoms with E-state index in [1.165, 1.54) is 17.2 Å². The minimum Gasteiger partial charge on any atom is -0.382 e. The molecule has 74 valence electrons. The maximum absolute atomic E-state index is 11.5. The first-order chi connectivity index (χ1) is 6.70. The number of aliphatic hydroxyl groups excluding tert-OH is 1. The second-order valence-corrected chi connectivity index (χ2v) is 3.42. The van der Waals surface area contributed by atoms with Crippen molar-refractivity contribution in [1.29, 1.82) is 0 Å². The Morgan fingerprint density at radius 3 is 3.00 bits per heavy atom. The number of fused-ring (bicyclic) bond motifs is 1. The molecule has 2 aliphatic heterocycles. The van der Waals surface area contributed by atoms with E-state index >= 15 is 0 Å². The highest BCUT2D eigenvalue weighted by Crippen LogP contribution is 2.19. The van der Waals surface area contributed by atoms with Gasteiger partial charge in [0.2, 0.25) is 5.91 Å². The molecule has 2 rings (SSSR count). The number of nitrogens with zero attached hydrogens (tertiary/aromatic N) is 1. The Morgan fingerprint density at radius 2 is 2.21 bits per heavy atom. The zero-order chi connectivity index (χ0) is 10.1. The summed E-state index contributed by atoms with van der Waals surface area (Å²) in [6.07, 6.45) is 6.24. The summed E-state index contributed by atoms with van der Waals surface area (Å²) in [5.74, 6) is -0.395. The van der Waals surface area contributed by atoms with Gasteiger partial charge in [-0.05, 0) is 6.42 Å². The lowest BCUT2D eigenvalue weighted by Crippen LogP contribution is -2.48. The lowest BCUT2D eigenvalue weighted by atomic mass is 10.0. The molecular weight excluding hydrogens is 182 g/mol. The monoisotopic (exact) mass is 193 g/mol. The van der Waals surface area contributed by atoms with E-state index in [-0.39, 0.29) is 11.7 Å². The average molecular weight is 193 g/mol. The molecule has 0 aromatic carbocycles. The second kappa shape index (κ2) is 3.38. The van der Waals surface area contributed by atoms with Crippen LogP contribution in [0.5, 0.6) is 0 Å². The molecule has 0 saturated carbocycles. The van der Waals surface area contributed by atoms with E-state index in [0.29, 0.717) is 12.8 Å². The summed E-state index contributed by atoms with van der Waals surface area (Å²) < 4.78 is 0. The summed E-state index contributed by atoms with van der Waals surface area (Å²) in [5, 5.41) is 9.57. The molecule has 2 heterocycles. The number of carbonyl (C=O) groups excluding carboxylic acids is 2. The van der Waals surface area contributed by atoms with Crippen molar-refractivity contribution in [3.05, 3.63) is 24.4 Å². The number of amides is 1. The third-order valence-electron chi connectivity index (χ3n) is 2.48. The SMILES string of the molecule is O=C1C=CN2C(=O)CCC=C[C@@H]2[C@@H]1O. The molecule has 0 bridgehead atoms. The van der Waals surface area contributed by atoms with Crippen molar-refractivity contribution in [2.75, 3.05) is 0 Å². The van der Waals surface area contributed by atoms with E-state index in [9.17, 15) is 14.7 Å². The largest absolute Gasteiger partial charge is 0.382 e. The number of aliphatic hydroxyl groups is 1. The molecule has 0 aromatic rings. The molecule has 0 radical (unpaired) electrons. The predicted molar refractivity (Wildman–Crippen MR) is 49.2 cm³/mol. The number of allylic oxidation sites excluding steroid dienone is 1. The third-order valence-corrected chi connectivity index (χ3v) is 2.48. The maximum atomic E-state index is 11.5. The Kier molecular flexibility index (Phi) is 2.21. The zero-order valence-corrected chi connectivity index (χ0v) is 7.59. The fraction of sp³-hybridized carbons (Fsp3) is 0.400. The molecule has 0 aromatic heterocycles.